The van der Waals surface area contributed by atoms with Crippen LogP contribution in [0.5, 0.6) is 0 Å². The topological polar surface area (TPSA) is 73.4 Å². The number of halogens is 1. The van der Waals surface area contributed by atoms with E-state index in [1.165, 1.54) is 0 Å². The summed E-state index contributed by atoms with van der Waals surface area (Å²) in [5.74, 6) is 0.112. The van der Waals surface area contributed by atoms with Crippen molar-refractivity contribution in [3.05, 3.63) is 57.0 Å². The predicted octanol–water partition coefficient (Wildman–Crippen LogP) is 3.03. The molecule has 24 heavy (non-hydrogen) atoms. The van der Waals surface area contributed by atoms with Crippen LogP contribution in [0.3, 0.4) is 0 Å². The van der Waals surface area contributed by atoms with Crippen molar-refractivity contribution in [2.24, 2.45) is 5.73 Å². The Labute approximate surface area is 150 Å². The van der Waals surface area contributed by atoms with Gasteiger partial charge in [0.05, 0.1) is 17.6 Å². The third kappa shape index (κ3) is 2.64. The summed E-state index contributed by atoms with van der Waals surface area (Å²) in [5, 5.41) is 13.4. The molecule has 1 atom stereocenters. The van der Waals surface area contributed by atoms with Crippen LogP contribution < -0.4 is 5.73 Å². The maximum atomic E-state index is 12.7. The fourth-order valence-electron chi connectivity index (χ4n) is 3.54. The lowest BCUT2D eigenvalue weighted by molar-refractivity contribution is -0.116. The van der Waals surface area contributed by atoms with Gasteiger partial charge in [0, 0.05) is 36.3 Å². The van der Waals surface area contributed by atoms with E-state index in [0.29, 0.717) is 23.4 Å². The van der Waals surface area contributed by atoms with Gasteiger partial charge in [0.25, 0.3) is 0 Å². The predicted molar refractivity (Wildman–Crippen MR) is 95.1 cm³/mol. The summed E-state index contributed by atoms with van der Waals surface area (Å²) in [6.45, 7) is 0. The molecule has 1 aliphatic carbocycles. The Hall–Kier alpha value is -2.10. The fourth-order valence-corrected chi connectivity index (χ4v) is 3.96. The number of allylic oxidation sites excluding steroid dienone is 3. The number of hydrogen-bond donors (Lipinski definition) is 1. The molecule has 124 valence electrons. The van der Waals surface area contributed by atoms with Crippen molar-refractivity contribution in [1.82, 2.24) is 10.0 Å². The highest BCUT2D eigenvalue weighted by molar-refractivity contribution is 9.10. The first-order chi connectivity index (χ1) is 11.5. The summed E-state index contributed by atoms with van der Waals surface area (Å²) in [6.07, 6.45) is 2.11. The molecule has 0 aromatic heterocycles. The van der Waals surface area contributed by atoms with Crippen molar-refractivity contribution in [2.45, 2.75) is 25.2 Å². The van der Waals surface area contributed by atoms with Crippen LogP contribution in [0.15, 0.2) is 51.4 Å². The van der Waals surface area contributed by atoms with Gasteiger partial charge in [-0.05, 0) is 30.5 Å². The summed E-state index contributed by atoms with van der Waals surface area (Å²) in [6, 6.07) is 9.98. The van der Waals surface area contributed by atoms with Gasteiger partial charge in [0.2, 0.25) is 0 Å². The Morgan fingerprint density at radius 1 is 1.38 bits per heavy atom. The Morgan fingerprint density at radius 2 is 2.12 bits per heavy atom. The van der Waals surface area contributed by atoms with Crippen molar-refractivity contribution < 1.29 is 4.79 Å². The maximum absolute atomic E-state index is 12.7. The largest absolute Gasteiger partial charge is 0.383 e. The Morgan fingerprint density at radius 3 is 2.75 bits per heavy atom. The number of nitriles is 1. The molecule has 3 rings (SSSR count). The number of benzene rings is 1. The molecule has 1 aromatic rings. The van der Waals surface area contributed by atoms with Gasteiger partial charge in [-0.15, -0.1) is 0 Å². The van der Waals surface area contributed by atoms with E-state index in [-0.39, 0.29) is 5.78 Å². The van der Waals surface area contributed by atoms with Crippen LogP contribution in [-0.2, 0) is 4.79 Å². The second-order valence-electron chi connectivity index (χ2n) is 6.19. The molecule has 0 saturated carbocycles. The minimum Gasteiger partial charge on any atom is -0.383 e. The van der Waals surface area contributed by atoms with Gasteiger partial charge in [-0.2, -0.15) is 5.26 Å². The number of Topliss-reactive ketones (excluding diaryl/α,β-unsaturated/α-hetero) is 1. The van der Waals surface area contributed by atoms with E-state index >= 15 is 0 Å². The fraction of sp³-hybridized carbons (Fsp3) is 0.333. The molecule has 0 saturated heterocycles. The molecule has 6 heteroatoms. The minimum atomic E-state index is -0.397. The van der Waals surface area contributed by atoms with E-state index in [1.54, 1.807) is 5.01 Å². The zero-order valence-electron chi connectivity index (χ0n) is 13.7. The summed E-state index contributed by atoms with van der Waals surface area (Å²) in [5.41, 5.74) is 9.29. The molecule has 2 N–H and O–H groups in total. The summed E-state index contributed by atoms with van der Waals surface area (Å²) >= 11 is 3.47. The second kappa shape index (κ2) is 6.42. The van der Waals surface area contributed by atoms with Crippen LogP contribution in [0.2, 0.25) is 0 Å². The van der Waals surface area contributed by atoms with Gasteiger partial charge in [0.15, 0.2) is 5.78 Å². The quantitative estimate of drug-likeness (QED) is 0.845. The van der Waals surface area contributed by atoms with Crippen LogP contribution >= 0.6 is 15.9 Å². The first-order valence-corrected chi connectivity index (χ1v) is 8.63. The zero-order valence-corrected chi connectivity index (χ0v) is 15.3. The molecule has 2 aliphatic rings. The van der Waals surface area contributed by atoms with Gasteiger partial charge in [-0.1, -0.05) is 28.1 Å². The van der Waals surface area contributed by atoms with Crippen molar-refractivity contribution >= 4 is 21.7 Å². The van der Waals surface area contributed by atoms with Crippen molar-refractivity contribution in [3.63, 3.8) is 0 Å². The van der Waals surface area contributed by atoms with Crippen molar-refractivity contribution in [1.29, 1.82) is 5.26 Å². The van der Waals surface area contributed by atoms with E-state index in [2.05, 4.69) is 22.0 Å². The number of ketones is 1. The van der Waals surface area contributed by atoms with E-state index in [1.807, 2.05) is 43.4 Å². The molecule has 5 nitrogen and oxygen atoms in total. The number of hydrogen-bond acceptors (Lipinski definition) is 5. The first kappa shape index (κ1) is 16.7. The average Bonchev–Trinajstić information content (AvgIpc) is 2.53. The smallest absolute Gasteiger partial charge is 0.161 e. The summed E-state index contributed by atoms with van der Waals surface area (Å²) < 4.78 is 0.913. The normalized spacial score (nSPS) is 21.2. The number of nitrogens with zero attached hydrogens (tertiary/aromatic N) is 3. The molecule has 0 amide bonds. The van der Waals surface area contributed by atoms with Gasteiger partial charge < -0.3 is 5.73 Å². The van der Waals surface area contributed by atoms with Gasteiger partial charge in [0.1, 0.15) is 5.82 Å². The number of rotatable bonds is 2. The van der Waals surface area contributed by atoms with Crippen molar-refractivity contribution in [3.8, 4) is 6.07 Å². The third-order valence-corrected chi connectivity index (χ3v) is 4.96. The SMILES string of the molecule is CN(C)N1C(N)=C(C#N)C(c2cccc(Br)c2)C2=C1CCCC2=O. The van der Waals surface area contributed by atoms with Gasteiger partial charge in [-0.25, -0.2) is 5.01 Å². The van der Waals surface area contributed by atoms with E-state index in [4.69, 9.17) is 5.73 Å². The van der Waals surface area contributed by atoms with Crippen LogP contribution in [0.4, 0.5) is 0 Å². The molecule has 0 fully saturated rings. The monoisotopic (exact) mass is 386 g/mol. The summed E-state index contributed by atoms with van der Waals surface area (Å²) in [4.78, 5) is 12.7. The number of nitrogens with two attached hydrogens (primary N) is 1. The van der Waals surface area contributed by atoms with Crippen LogP contribution in [0.25, 0.3) is 0 Å². The molecule has 1 unspecified atom stereocenters. The van der Waals surface area contributed by atoms with Gasteiger partial charge >= 0.3 is 0 Å². The van der Waals surface area contributed by atoms with Crippen LogP contribution in [-0.4, -0.2) is 29.9 Å². The number of hydrazine groups is 1. The number of carbonyl (C=O) groups is 1. The highest BCUT2D eigenvalue weighted by atomic mass is 79.9. The minimum absolute atomic E-state index is 0.105. The summed E-state index contributed by atoms with van der Waals surface area (Å²) in [7, 11) is 3.73. The standard InChI is InChI=1S/C18H19BrN4O/c1-22(2)23-14-7-4-8-15(24)17(14)16(13(10-20)18(23)21)11-5-3-6-12(19)9-11/h3,5-6,9,16H,4,7-8,21H2,1-2H3. The van der Waals surface area contributed by atoms with Crippen LogP contribution in [0, 0.1) is 11.3 Å². The second-order valence-corrected chi connectivity index (χ2v) is 7.11. The molecule has 1 aliphatic heterocycles. The molecule has 0 spiro atoms. The van der Waals surface area contributed by atoms with Crippen LogP contribution in [0.1, 0.15) is 30.7 Å². The highest BCUT2D eigenvalue weighted by Gasteiger charge is 2.40. The Kier molecular flexibility index (Phi) is 4.48. The zero-order chi connectivity index (χ0) is 17.4. The molecule has 0 radical (unpaired) electrons. The highest BCUT2D eigenvalue weighted by Crippen LogP contribution is 2.45. The lowest BCUT2D eigenvalue weighted by Crippen LogP contribution is -2.45. The maximum Gasteiger partial charge on any atom is 0.161 e. The average molecular weight is 387 g/mol. The van der Waals surface area contributed by atoms with E-state index in [9.17, 15) is 10.1 Å². The van der Waals surface area contributed by atoms with Gasteiger partial charge in [-0.3, -0.25) is 9.80 Å². The lowest BCUT2D eigenvalue weighted by atomic mass is 9.76. The number of carbonyl (C=O) groups excluding carboxylic acids is 1. The molecule has 0 bridgehead atoms. The molecule has 1 aromatic carbocycles. The van der Waals surface area contributed by atoms with E-state index < -0.39 is 5.92 Å². The molecular formula is C18H19BrN4O. The lowest BCUT2D eigenvalue weighted by Gasteiger charge is -2.42. The van der Waals surface area contributed by atoms with Crippen molar-refractivity contribution in [2.75, 3.05) is 14.1 Å². The first-order valence-electron chi connectivity index (χ1n) is 7.84. The molecular weight excluding hydrogens is 368 g/mol. The Balaban J connectivity index is 2.27. The third-order valence-electron chi connectivity index (χ3n) is 4.47. The molecule has 1 heterocycles. The Bertz CT molecular complexity index is 803. The van der Waals surface area contributed by atoms with E-state index in [0.717, 1.165) is 28.6 Å².